The molecule has 1 aliphatic heterocycles. The highest BCUT2D eigenvalue weighted by molar-refractivity contribution is 6.03. The number of benzene rings is 1. The van der Waals surface area contributed by atoms with Crippen LogP contribution in [0.3, 0.4) is 0 Å². The van der Waals surface area contributed by atoms with Crippen LogP contribution in [0.15, 0.2) is 18.2 Å². The second-order valence-corrected chi connectivity index (χ2v) is 6.76. The lowest BCUT2D eigenvalue weighted by molar-refractivity contribution is -0.165. The predicted molar refractivity (Wildman–Crippen MR) is 74.9 cm³/mol. The molecule has 0 radical (unpaired) electrons. The van der Waals surface area contributed by atoms with Crippen LogP contribution in [0.1, 0.15) is 33.6 Å². The standard InChI is InChI=1S/C16H17F2NO3/c1-14(2)15(3)6-7-16(14,22-13(15)21)12(20)19-9-4-5-10(17)11(18)8-9/h4-5,8H,6-7H2,1-3H3,(H,19,20)/t15-,16+/m1/s1. The fourth-order valence-corrected chi connectivity index (χ4v) is 3.55. The molecular weight excluding hydrogens is 292 g/mol. The molecule has 0 spiro atoms. The smallest absolute Gasteiger partial charge is 0.313 e. The van der Waals surface area contributed by atoms with Crippen LogP contribution in [-0.4, -0.2) is 17.5 Å². The molecule has 118 valence electrons. The Hall–Kier alpha value is -1.98. The van der Waals surface area contributed by atoms with E-state index in [0.29, 0.717) is 12.8 Å². The number of nitrogens with one attached hydrogen (secondary N) is 1. The first-order valence-corrected chi connectivity index (χ1v) is 7.14. The topological polar surface area (TPSA) is 55.4 Å². The highest BCUT2D eigenvalue weighted by atomic mass is 19.2. The molecule has 1 aromatic rings. The van der Waals surface area contributed by atoms with E-state index in [0.717, 1.165) is 12.1 Å². The maximum Gasteiger partial charge on any atom is 0.313 e. The van der Waals surface area contributed by atoms with E-state index >= 15 is 0 Å². The quantitative estimate of drug-likeness (QED) is 0.854. The van der Waals surface area contributed by atoms with E-state index in [4.69, 9.17) is 4.74 Å². The van der Waals surface area contributed by atoms with Crippen LogP contribution in [0.5, 0.6) is 0 Å². The minimum absolute atomic E-state index is 0.130. The average Bonchev–Trinajstić information content (AvgIpc) is 2.73. The summed E-state index contributed by atoms with van der Waals surface area (Å²) in [5.41, 5.74) is -2.53. The van der Waals surface area contributed by atoms with Crippen molar-refractivity contribution in [3.63, 3.8) is 0 Å². The van der Waals surface area contributed by atoms with Crippen molar-refractivity contribution in [2.45, 2.75) is 39.2 Å². The molecule has 1 saturated heterocycles. The van der Waals surface area contributed by atoms with Gasteiger partial charge in [0.25, 0.3) is 5.91 Å². The first-order chi connectivity index (χ1) is 10.1. The van der Waals surface area contributed by atoms with Gasteiger partial charge in [0.1, 0.15) is 0 Å². The molecule has 22 heavy (non-hydrogen) atoms. The largest absolute Gasteiger partial charge is 0.448 e. The van der Waals surface area contributed by atoms with Gasteiger partial charge in [-0.1, -0.05) is 13.8 Å². The van der Waals surface area contributed by atoms with Crippen molar-refractivity contribution in [1.82, 2.24) is 0 Å². The molecule has 1 heterocycles. The number of fused-ring (bicyclic) bond motifs is 2. The van der Waals surface area contributed by atoms with Gasteiger partial charge in [-0.05, 0) is 31.9 Å². The first-order valence-electron chi connectivity index (χ1n) is 7.14. The van der Waals surface area contributed by atoms with Crippen LogP contribution >= 0.6 is 0 Å². The van der Waals surface area contributed by atoms with Crippen molar-refractivity contribution < 1.29 is 23.1 Å². The third-order valence-corrected chi connectivity index (χ3v) is 5.63. The van der Waals surface area contributed by atoms with Crippen LogP contribution in [0.4, 0.5) is 14.5 Å². The molecule has 3 rings (SSSR count). The van der Waals surface area contributed by atoms with E-state index in [-0.39, 0.29) is 11.7 Å². The van der Waals surface area contributed by atoms with E-state index in [1.54, 1.807) is 6.92 Å². The Bertz CT molecular complexity index is 688. The van der Waals surface area contributed by atoms with Crippen molar-refractivity contribution in [2.75, 3.05) is 5.32 Å². The highest BCUT2D eigenvalue weighted by Crippen LogP contribution is 2.65. The number of ether oxygens (including phenoxy) is 1. The molecule has 4 nitrogen and oxygen atoms in total. The molecule has 1 aliphatic carbocycles. The Kier molecular flexibility index (Phi) is 2.90. The van der Waals surface area contributed by atoms with E-state index in [2.05, 4.69) is 5.32 Å². The molecule has 1 amide bonds. The van der Waals surface area contributed by atoms with Crippen LogP contribution in [0.25, 0.3) is 0 Å². The van der Waals surface area contributed by atoms with Gasteiger partial charge in [-0.2, -0.15) is 0 Å². The van der Waals surface area contributed by atoms with Crippen molar-refractivity contribution >= 4 is 17.6 Å². The van der Waals surface area contributed by atoms with Crippen molar-refractivity contribution in [1.29, 1.82) is 0 Å². The molecule has 2 bridgehead atoms. The zero-order valence-electron chi connectivity index (χ0n) is 12.6. The minimum atomic E-state index is -1.27. The molecule has 0 unspecified atom stereocenters. The molecule has 0 aromatic heterocycles. The summed E-state index contributed by atoms with van der Waals surface area (Å²) in [5.74, 6) is -2.92. The molecular formula is C16H17F2NO3. The Balaban J connectivity index is 1.92. The summed E-state index contributed by atoms with van der Waals surface area (Å²) in [7, 11) is 0. The second kappa shape index (κ2) is 4.27. The second-order valence-electron chi connectivity index (χ2n) is 6.76. The predicted octanol–water partition coefficient (Wildman–Crippen LogP) is 3.03. The number of halogens is 2. The average molecular weight is 309 g/mol. The molecule has 1 N–H and O–H groups in total. The molecule has 2 fully saturated rings. The van der Waals surface area contributed by atoms with E-state index in [1.807, 2.05) is 13.8 Å². The Labute approximate surface area is 126 Å². The molecule has 1 saturated carbocycles. The van der Waals surface area contributed by atoms with E-state index in [1.165, 1.54) is 6.07 Å². The van der Waals surface area contributed by atoms with Gasteiger partial charge in [-0.25, -0.2) is 8.78 Å². The van der Waals surface area contributed by atoms with Gasteiger partial charge in [0, 0.05) is 17.2 Å². The third kappa shape index (κ3) is 1.61. The number of hydrogen-bond donors (Lipinski definition) is 1. The number of esters is 1. The van der Waals surface area contributed by atoms with Crippen molar-refractivity contribution in [2.24, 2.45) is 10.8 Å². The summed E-state index contributed by atoms with van der Waals surface area (Å²) in [6.07, 6.45) is 0.974. The summed E-state index contributed by atoms with van der Waals surface area (Å²) in [5, 5.41) is 2.54. The van der Waals surface area contributed by atoms with Crippen LogP contribution in [0, 0.1) is 22.5 Å². The number of carbonyl (C=O) groups is 2. The highest BCUT2D eigenvalue weighted by Gasteiger charge is 2.75. The fraction of sp³-hybridized carbons (Fsp3) is 0.500. The molecule has 2 atom stereocenters. The van der Waals surface area contributed by atoms with E-state index < -0.39 is 34.0 Å². The lowest BCUT2D eigenvalue weighted by atomic mass is 9.66. The number of amides is 1. The lowest BCUT2D eigenvalue weighted by Crippen LogP contribution is -2.50. The summed E-state index contributed by atoms with van der Waals surface area (Å²) < 4.78 is 31.6. The maximum absolute atomic E-state index is 13.3. The Morgan fingerprint density at radius 3 is 2.36 bits per heavy atom. The number of rotatable bonds is 2. The SMILES string of the molecule is CC1(C)[C@@]2(C(=O)Nc3ccc(F)c(F)c3)CC[C@]1(C)C(=O)O2. The fourth-order valence-electron chi connectivity index (χ4n) is 3.55. The van der Waals surface area contributed by atoms with Crippen molar-refractivity contribution in [3.05, 3.63) is 29.8 Å². The third-order valence-electron chi connectivity index (χ3n) is 5.63. The summed E-state index contributed by atoms with van der Waals surface area (Å²) in [6, 6.07) is 3.11. The van der Waals surface area contributed by atoms with E-state index in [9.17, 15) is 18.4 Å². The summed E-state index contributed by atoms with van der Waals surface area (Å²) in [6.45, 7) is 5.46. The monoisotopic (exact) mass is 309 g/mol. The number of carbonyl (C=O) groups excluding carboxylic acids is 2. The van der Waals surface area contributed by atoms with Gasteiger partial charge < -0.3 is 10.1 Å². The summed E-state index contributed by atoms with van der Waals surface area (Å²) in [4.78, 5) is 24.8. The normalized spacial score (nSPS) is 32.0. The van der Waals surface area contributed by atoms with Crippen LogP contribution in [-0.2, 0) is 14.3 Å². The van der Waals surface area contributed by atoms with Gasteiger partial charge >= 0.3 is 5.97 Å². The van der Waals surface area contributed by atoms with Gasteiger partial charge in [-0.3, -0.25) is 9.59 Å². The molecule has 1 aromatic carbocycles. The van der Waals surface area contributed by atoms with Crippen LogP contribution in [0.2, 0.25) is 0 Å². The van der Waals surface area contributed by atoms with Gasteiger partial charge in [-0.15, -0.1) is 0 Å². The summed E-state index contributed by atoms with van der Waals surface area (Å²) >= 11 is 0. The van der Waals surface area contributed by atoms with Crippen molar-refractivity contribution in [3.8, 4) is 0 Å². The number of hydrogen-bond acceptors (Lipinski definition) is 3. The molecule has 2 aliphatic rings. The number of anilines is 1. The van der Waals surface area contributed by atoms with Gasteiger partial charge in [0.2, 0.25) is 0 Å². The van der Waals surface area contributed by atoms with Crippen LogP contribution < -0.4 is 5.32 Å². The van der Waals surface area contributed by atoms with Gasteiger partial charge in [0.05, 0.1) is 5.41 Å². The zero-order chi connectivity index (χ0) is 16.3. The minimum Gasteiger partial charge on any atom is -0.448 e. The Morgan fingerprint density at radius 1 is 1.18 bits per heavy atom. The maximum atomic E-state index is 13.3. The Morgan fingerprint density at radius 2 is 1.86 bits per heavy atom. The van der Waals surface area contributed by atoms with Gasteiger partial charge in [0.15, 0.2) is 17.2 Å². The zero-order valence-corrected chi connectivity index (χ0v) is 12.6. The lowest BCUT2D eigenvalue weighted by Gasteiger charge is -2.35. The first kappa shape index (κ1) is 14.9. The molecule has 6 heteroatoms.